The molecule has 0 saturated carbocycles. The van der Waals surface area contributed by atoms with Crippen molar-refractivity contribution in [3.05, 3.63) is 94.0 Å². The van der Waals surface area contributed by atoms with Crippen molar-refractivity contribution in [3.63, 3.8) is 0 Å². The molecule has 2 aromatic carbocycles. The third kappa shape index (κ3) is 5.53. The highest BCUT2D eigenvalue weighted by Crippen LogP contribution is 2.38. The standard InChI is InChI=1S/C25H19BrClF3N2O4S/c1-3-35-17-10-7-15(26)11-14(17)12-18-22(33)32-20(13-5-8-16(27)9-6-13)19(23(34)36-4-2)21(25(28,29)30)31-24(32)37-18/h5-12,20H,3-4H2,1-2H3/b18-12-/t20-/m1/s1. The number of benzene rings is 2. The van der Waals surface area contributed by atoms with Gasteiger partial charge in [0.15, 0.2) is 10.5 Å². The normalized spacial score (nSPS) is 15.9. The zero-order valence-corrected chi connectivity index (χ0v) is 22.6. The van der Waals surface area contributed by atoms with Gasteiger partial charge in [-0.2, -0.15) is 13.2 Å². The van der Waals surface area contributed by atoms with E-state index in [1.807, 2.05) is 0 Å². The van der Waals surface area contributed by atoms with Crippen LogP contribution in [0, 0.1) is 0 Å². The molecule has 1 aliphatic rings. The first-order chi connectivity index (χ1) is 17.5. The lowest BCUT2D eigenvalue weighted by molar-refractivity contribution is -0.140. The molecule has 2 heterocycles. The second-order valence-corrected chi connectivity index (χ2v) is 10.1. The number of carbonyl (C=O) groups is 1. The Labute approximate surface area is 226 Å². The first-order valence-corrected chi connectivity index (χ1v) is 13.0. The van der Waals surface area contributed by atoms with Gasteiger partial charge in [0.05, 0.1) is 29.4 Å². The second-order valence-electron chi connectivity index (χ2n) is 7.73. The van der Waals surface area contributed by atoms with Crippen molar-refractivity contribution in [1.29, 1.82) is 0 Å². The average molecular weight is 616 g/mol. The number of rotatable bonds is 6. The monoisotopic (exact) mass is 614 g/mol. The summed E-state index contributed by atoms with van der Waals surface area (Å²) in [6.45, 7) is 3.50. The number of hydrogen-bond acceptors (Lipinski definition) is 6. The molecule has 37 heavy (non-hydrogen) atoms. The zero-order valence-electron chi connectivity index (χ0n) is 19.4. The molecule has 0 spiro atoms. The van der Waals surface area contributed by atoms with Crippen molar-refractivity contribution in [3.8, 4) is 5.75 Å². The maximum Gasteiger partial charge on any atom is 0.434 e. The number of fused-ring (bicyclic) bond motifs is 1. The number of ether oxygens (including phenoxy) is 2. The van der Waals surface area contributed by atoms with E-state index in [1.165, 1.54) is 37.3 Å². The van der Waals surface area contributed by atoms with Gasteiger partial charge < -0.3 is 9.47 Å². The number of carbonyl (C=O) groups excluding carboxylic acids is 1. The quantitative estimate of drug-likeness (QED) is 0.360. The van der Waals surface area contributed by atoms with Crippen LogP contribution in [0.5, 0.6) is 5.75 Å². The van der Waals surface area contributed by atoms with Crippen molar-refractivity contribution in [2.24, 2.45) is 4.99 Å². The minimum Gasteiger partial charge on any atom is -0.493 e. The van der Waals surface area contributed by atoms with Crippen LogP contribution in [0.2, 0.25) is 5.02 Å². The summed E-state index contributed by atoms with van der Waals surface area (Å²) in [5.41, 5.74) is -2.00. The molecule has 0 bridgehead atoms. The van der Waals surface area contributed by atoms with Crippen LogP contribution in [-0.4, -0.2) is 29.9 Å². The molecule has 3 aromatic rings. The molecule has 0 amide bonds. The van der Waals surface area contributed by atoms with Crippen LogP contribution in [0.15, 0.2) is 68.0 Å². The lowest BCUT2D eigenvalue weighted by Gasteiger charge is -2.26. The molecule has 0 unspecified atom stereocenters. The Morgan fingerprint density at radius 2 is 1.89 bits per heavy atom. The van der Waals surface area contributed by atoms with E-state index in [0.717, 1.165) is 20.4 Å². The van der Waals surface area contributed by atoms with Crippen LogP contribution in [0.1, 0.15) is 31.0 Å². The lowest BCUT2D eigenvalue weighted by atomic mass is 9.95. The molecule has 0 saturated heterocycles. The van der Waals surface area contributed by atoms with E-state index in [4.69, 9.17) is 21.1 Å². The predicted molar refractivity (Wildman–Crippen MR) is 138 cm³/mol. The summed E-state index contributed by atoms with van der Waals surface area (Å²) in [5.74, 6) is -0.715. The Morgan fingerprint density at radius 1 is 1.19 bits per heavy atom. The number of esters is 1. The smallest absolute Gasteiger partial charge is 0.434 e. The largest absolute Gasteiger partial charge is 0.493 e. The Bertz CT molecular complexity index is 1560. The van der Waals surface area contributed by atoms with E-state index < -0.39 is 35.0 Å². The van der Waals surface area contributed by atoms with Gasteiger partial charge in [0.2, 0.25) is 0 Å². The van der Waals surface area contributed by atoms with Gasteiger partial charge in [-0.1, -0.05) is 51.0 Å². The number of thiazole rings is 1. The molecule has 0 aliphatic carbocycles. The highest BCUT2D eigenvalue weighted by molar-refractivity contribution is 9.10. The Balaban J connectivity index is 2.05. The molecule has 194 valence electrons. The fourth-order valence-corrected chi connectivity index (χ4v) is 5.36. The minimum atomic E-state index is -4.98. The highest BCUT2D eigenvalue weighted by Gasteiger charge is 2.45. The summed E-state index contributed by atoms with van der Waals surface area (Å²) in [6, 6.07) is 9.65. The van der Waals surface area contributed by atoms with E-state index in [2.05, 4.69) is 20.9 Å². The van der Waals surface area contributed by atoms with Crippen LogP contribution >= 0.6 is 38.9 Å². The highest BCUT2D eigenvalue weighted by atomic mass is 79.9. The van der Waals surface area contributed by atoms with Crippen molar-refractivity contribution < 1.29 is 27.4 Å². The maximum absolute atomic E-state index is 14.2. The van der Waals surface area contributed by atoms with E-state index in [0.29, 0.717) is 22.9 Å². The summed E-state index contributed by atoms with van der Waals surface area (Å²) < 4.78 is 55.1. The van der Waals surface area contributed by atoms with Crippen molar-refractivity contribution in [2.45, 2.75) is 26.1 Å². The van der Waals surface area contributed by atoms with Gasteiger partial charge in [-0.15, -0.1) is 0 Å². The zero-order chi connectivity index (χ0) is 26.9. The van der Waals surface area contributed by atoms with Gasteiger partial charge in [0.25, 0.3) is 5.56 Å². The molecule has 1 aliphatic heterocycles. The molecule has 0 N–H and O–H groups in total. The summed E-state index contributed by atoms with van der Waals surface area (Å²) in [7, 11) is 0. The molecule has 1 atom stereocenters. The van der Waals surface area contributed by atoms with Gasteiger partial charge in [0, 0.05) is 15.1 Å². The van der Waals surface area contributed by atoms with Gasteiger partial charge in [-0.25, -0.2) is 9.79 Å². The topological polar surface area (TPSA) is 69.9 Å². The van der Waals surface area contributed by atoms with E-state index >= 15 is 0 Å². The number of allylic oxidation sites excluding steroid dienone is 1. The molecule has 6 nitrogen and oxygen atoms in total. The SMILES string of the molecule is CCOC(=O)C1=C(C(F)(F)F)N=c2s/c(=C\c3cc(Br)ccc3OCC)c(=O)n2[C@@H]1c1ccc(Cl)cc1. The summed E-state index contributed by atoms with van der Waals surface area (Å²) in [5, 5.41) is 0.340. The Kier molecular flexibility index (Phi) is 7.96. The van der Waals surface area contributed by atoms with Gasteiger partial charge in [-0.3, -0.25) is 9.36 Å². The van der Waals surface area contributed by atoms with Gasteiger partial charge >= 0.3 is 12.1 Å². The van der Waals surface area contributed by atoms with Crippen LogP contribution < -0.4 is 19.6 Å². The fourth-order valence-electron chi connectivity index (χ4n) is 3.86. The number of alkyl halides is 3. The van der Waals surface area contributed by atoms with Crippen LogP contribution in [0.4, 0.5) is 13.2 Å². The molecule has 0 radical (unpaired) electrons. The van der Waals surface area contributed by atoms with Crippen LogP contribution in [0.25, 0.3) is 6.08 Å². The summed E-state index contributed by atoms with van der Waals surface area (Å²) in [6.07, 6.45) is -3.45. The summed E-state index contributed by atoms with van der Waals surface area (Å²) in [4.78, 5) is 30.1. The molecule has 1 aromatic heterocycles. The molecular weight excluding hydrogens is 597 g/mol. The van der Waals surface area contributed by atoms with Crippen molar-refractivity contribution in [2.75, 3.05) is 13.2 Å². The van der Waals surface area contributed by atoms with Crippen molar-refractivity contribution in [1.82, 2.24) is 4.57 Å². The number of hydrogen-bond donors (Lipinski definition) is 0. The summed E-state index contributed by atoms with van der Waals surface area (Å²) >= 11 is 10.2. The van der Waals surface area contributed by atoms with Crippen LogP contribution in [0.3, 0.4) is 0 Å². The van der Waals surface area contributed by atoms with E-state index in [1.54, 1.807) is 25.1 Å². The average Bonchev–Trinajstić information content (AvgIpc) is 3.15. The first-order valence-electron chi connectivity index (χ1n) is 11.0. The third-order valence-corrected chi connectivity index (χ3v) is 7.07. The second kappa shape index (κ2) is 10.8. The Hall–Kier alpha value is -2.89. The molecule has 0 fully saturated rings. The van der Waals surface area contributed by atoms with Gasteiger partial charge in [-0.05, 0) is 55.8 Å². The van der Waals surface area contributed by atoms with E-state index in [9.17, 15) is 22.8 Å². The van der Waals surface area contributed by atoms with Crippen LogP contribution in [-0.2, 0) is 9.53 Å². The number of aromatic nitrogens is 1. The van der Waals surface area contributed by atoms with Crippen molar-refractivity contribution >= 4 is 50.9 Å². The lowest BCUT2D eigenvalue weighted by Crippen LogP contribution is -2.41. The van der Waals surface area contributed by atoms with E-state index in [-0.39, 0.29) is 21.5 Å². The third-order valence-electron chi connectivity index (χ3n) is 5.34. The predicted octanol–water partition coefficient (Wildman–Crippen LogP) is 5.16. The first kappa shape index (κ1) is 27.2. The van der Waals surface area contributed by atoms with Gasteiger partial charge in [0.1, 0.15) is 5.75 Å². The fraction of sp³-hybridized carbons (Fsp3) is 0.240. The maximum atomic E-state index is 14.2. The number of halogens is 5. The number of nitrogens with zero attached hydrogens (tertiary/aromatic N) is 2. The minimum absolute atomic E-state index is 0.114. The Morgan fingerprint density at radius 3 is 2.51 bits per heavy atom. The molecule has 4 rings (SSSR count). The molecule has 12 heteroatoms. The molecular formula is C25H19BrClF3N2O4S.